The molecule has 0 N–H and O–H groups in total. The van der Waals surface area contributed by atoms with Crippen LogP contribution in [0.1, 0.15) is 28.2 Å². The molecule has 1 aromatic carbocycles. The summed E-state index contributed by atoms with van der Waals surface area (Å²) >= 11 is 0. The van der Waals surface area contributed by atoms with E-state index in [2.05, 4.69) is 20.0 Å². The first kappa shape index (κ1) is 18.7. The molecule has 8 heteroatoms. The second-order valence-electron chi connectivity index (χ2n) is 8.06. The van der Waals surface area contributed by atoms with Crippen molar-refractivity contribution < 1.29 is 9.18 Å². The van der Waals surface area contributed by atoms with Gasteiger partial charge in [0.2, 0.25) is 5.95 Å². The summed E-state index contributed by atoms with van der Waals surface area (Å²) < 4.78 is 16.0. The first-order valence-corrected chi connectivity index (χ1v) is 10.2. The van der Waals surface area contributed by atoms with Gasteiger partial charge in [-0.05, 0) is 44.5 Å². The van der Waals surface area contributed by atoms with E-state index in [4.69, 9.17) is 0 Å². The number of hydrogen-bond donors (Lipinski definition) is 0. The maximum Gasteiger partial charge on any atom is 0.256 e. The second kappa shape index (κ2) is 7.19. The molecule has 0 radical (unpaired) electrons. The molecule has 2 saturated heterocycles. The van der Waals surface area contributed by atoms with Gasteiger partial charge in [0, 0.05) is 49.3 Å². The van der Waals surface area contributed by atoms with E-state index in [0.29, 0.717) is 30.5 Å². The van der Waals surface area contributed by atoms with Crippen molar-refractivity contribution in [1.29, 1.82) is 0 Å². The number of aryl methyl sites for hydroxylation is 2. The van der Waals surface area contributed by atoms with Gasteiger partial charge in [-0.15, -0.1) is 0 Å². The number of rotatable bonds is 3. The van der Waals surface area contributed by atoms with Crippen molar-refractivity contribution in [3.05, 3.63) is 65.5 Å². The molecule has 30 heavy (non-hydrogen) atoms. The zero-order valence-corrected chi connectivity index (χ0v) is 17.0. The maximum absolute atomic E-state index is 14.6. The van der Waals surface area contributed by atoms with E-state index in [1.807, 2.05) is 24.8 Å². The first-order chi connectivity index (χ1) is 14.5. The molecule has 0 spiro atoms. The Morgan fingerprint density at radius 2 is 1.93 bits per heavy atom. The molecule has 5 rings (SSSR count). The van der Waals surface area contributed by atoms with Crippen molar-refractivity contribution in [1.82, 2.24) is 24.6 Å². The number of benzene rings is 1. The van der Waals surface area contributed by atoms with Crippen molar-refractivity contribution in [2.45, 2.75) is 26.3 Å². The fraction of sp³-hybridized carbons (Fsp3) is 0.364. The average Bonchev–Trinajstić information content (AvgIpc) is 3.22. The van der Waals surface area contributed by atoms with Crippen molar-refractivity contribution in [2.24, 2.45) is 5.92 Å². The smallest absolute Gasteiger partial charge is 0.256 e. The SMILES string of the molecule is Cc1cc(C)nc(N2CC[C@@H]3CN(C(=O)c4cccc(F)c4-n4cccn4)[C@@H]3C2)n1. The summed E-state index contributed by atoms with van der Waals surface area (Å²) in [6, 6.07) is 8.34. The molecule has 2 atom stereocenters. The summed E-state index contributed by atoms with van der Waals surface area (Å²) in [6.07, 6.45) is 4.21. The second-order valence-corrected chi connectivity index (χ2v) is 8.06. The predicted octanol–water partition coefficient (Wildman–Crippen LogP) is 2.77. The van der Waals surface area contributed by atoms with Crippen LogP contribution in [-0.2, 0) is 0 Å². The van der Waals surface area contributed by atoms with Crippen molar-refractivity contribution in [3.63, 3.8) is 0 Å². The normalized spacial score (nSPS) is 20.6. The van der Waals surface area contributed by atoms with Crippen LogP contribution in [0.25, 0.3) is 5.69 Å². The lowest BCUT2D eigenvalue weighted by Gasteiger charge is -2.53. The van der Waals surface area contributed by atoms with E-state index in [0.717, 1.165) is 24.4 Å². The van der Waals surface area contributed by atoms with E-state index in [-0.39, 0.29) is 17.6 Å². The summed E-state index contributed by atoms with van der Waals surface area (Å²) in [4.78, 5) is 26.5. The predicted molar refractivity (Wildman–Crippen MR) is 110 cm³/mol. The summed E-state index contributed by atoms with van der Waals surface area (Å²) in [7, 11) is 0. The molecule has 2 fully saturated rings. The largest absolute Gasteiger partial charge is 0.339 e. The van der Waals surface area contributed by atoms with Crippen LogP contribution in [0, 0.1) is 25.6 Å². The minimum absolute atomic E-state index is 0.0735. The highest BCUT2D eigenvalue weighted by molar-refractivity contribution is 5.98. The summed E-state index contributed by atoms with van der Waals surface area (Å²) in [5.41, 5.74) is 2.40. The molecule has 0 unspecified atom stereocenters. The molecule has 4 heterocycles. The molecule has 1 amide bonds. The highest BCUT2D eigenvalue weighted by Crippen LogP contribution is 2.35. The van der Waals surface area contributed by atoms with Crippen LogP contribution in [0.4, 0.5) is 10.3 Å². The molecule has 2 aliphatic heterocycles. The molecule has 0 saturated carbocycles. The number of fused-ring (bicyclic) bond motifs is 1. The standard InChI is InChI=1S/C22H23FN6O/c1-14-11-15(2)26-22(25-14)27-10-7-16-12-28(19(16)13-27)21(30)17-5-3-6-18(23)20(17)29-9-4-8-24-29/h3-6,8-9,11,16,19H,7,10,12-13H2,1-2H3/t16-,19-/m1/s1. The minimum atomic E-state index is -0.462. The van der Waals surface area contributed by atoms with Gasteiger partial charge in [-0.3, -0.25) is 4.79 Å². The third-order valence-electron chi connectivity index (χ3n) is 6.02. The number of hydrogen-bond acceptors (Lipinski definition) is 5. The van der Waals surface area contributed by atoms with Gasteiger partial charge in [0.25, 0.3) is 5.91 Å². The highest BCUT2D eigenvalue weighted by Gasteiger charge is 2.46. The Morgan fingerprint density at radius 1 is 1.13 bits per heavy atom. The van der Waals surface area contributed by atoms with Gasteiger partial charge in [-0.1, -0.05) is 6.07 Å². The summed E-state index contributed by atoms with van der Waals surface area (Å²) in [5.74, 6) is 0.547. The summed E-state index contributed by atoms with van der Waals surface area (Å²) in [6.45, 7) is 6.19. The molecule has 0 aliphatic carbocycles. The number of nitrogens with zero attached hydrogens (tertiary/aromatic N) is 6. The molecule has 3 aromatic rings. The summed E-state index contributed by atoms with van der Waals surface area (Å²) in [5, 5.41) is 4.12. The first-order valence-electron chi connectivity index (χ1n) is 10.2. The lowest BCUT2D eigenvalue weighted by atomic mass is 9.81. The monoisotopic (exact) mass is 406 g/mol. The van der Waals surface area contributed by atoms with Gasteiger partial charge >= 0.3 is 0 Å². The number of amides is 1. The molecular weight excluding hydrogens is 383 g/mol. The van der Waals surface area contributed by atoms with Gasteiger partial charge in [0.1, 0.15) is 11.5 Å². The Labute approximate surface area is 174 Å². The van der Waals surface area contributed by atoms with E-state index in [1.54, 1.807) is 30.6 Å². The Balaban J connectivity index is 1.41. The van der Waals surface area contributed by atoms with E-state index in [9.17, 15) is 9.18 Å². The number of piperidine rings is 1. The molecule has 0 bridgehead atoms. The van der Waals surface area contributed by atoms with E-state index in [1.165, 1.54) is 10.7 Å². The third-order valence-corrected chi connectivity index (χ3v) is 6.02. The van der Waals surface area contributed by atoms with Crippen LogP contribution in [0.5, 0.6) is 0 Å². The van der Waals surface area contributed by atoms with Gasteiger partial charge in [-0.2, -0.15) is 5.10 Å². The number of anilines is 1. The van der Waals surface area contributed by atoms with E-state index >= 15 is 0 Å². The minimum Gasteiger partial charge on any atom is -0.339 e. The van der Waals surface area contributed by atoms with Crippen molar-refractivity contribution >= 4 is 11.9 Å². The molecule has 7 nitrogen and oxygen atoms in total. The third kappa shape index (κ3) is 3.12. The zero-order chi connectivity index (χ0) is 20.8. The molecule has 2 aliphatic rings. The van der Waals surface area contributed by atoms with Crippen molar-refractivity contribution in [3.8, 4) is 5.69 Å². The van der Waals surface area contributed by atoms with Crippen LogP contribution in [0.3, 0.4) is 0 Å². The molecule has 2 aromatic heterocycles. The number of carbonyl (C=O) groups excluding carboxylic acids is 1. The van der Waals surface area contributed by atoms with Crippen LogP contribution in [0.15, 0.2) is 42.7 Å². The van der Waals surface area contributed by atoms with E-state index < -0.39 is 5.82 Å². The van der Waals surface area contributed by atoms with Crippen molar-refractivity contribution in [2.75, 3.05) is 24.5 Å². The lowest BCUT2D eigenvalue weighted by Crippen LogP contribution is -2.66. The Kier molecular flexibility index (Phi) is 4.49. The maximum atomic E-state index is 14.6. The highest BCUT2D eigenvalue weighted by atomic mass is 19.1. The quantitative estimate of drug-likeness (QED) is 0.669. The van der Waals surface area contributed by atoms with Gasteiger partial charge in [0.05, 0.1) is 11.6 Å². The van der Waals surface area contributed by atoms with Crippen LogP contribution < -0.4 is 4.90 Å². The Hall–Kier alpha value is -3.29. The van der Waals surface area contributed by atoms with Crippen LogP contribution >= 0.6 is 0 Å². The zero-order valence-electron chi connectivity index (χ0n) is 17.0. The van der Waals surface area contributed by atoms with Gasteiger partial charge in [0.15, 0.2) is 0 Å². The van der Waals surface area contributed by atoms with Crippen LogP contribution in [0.2, 0.25) is 0 Å². The van der Waals surface area contributed by atoms with Gasteiger partial charge < -0.3 is 9.80 Å². The van der Waals surface area contributed by atoms with Gasteiger partial charge in [-0.25, -0.2) is 19.0 Å². The number of para-hydroxylation sites is 1. The fourth-order valence-corrected chi connectivity index (χ4v) is 4.54. The molecular formula is C22H23FN6O. The number of halogens is 1. The number of likely N-dealkylation sites (tertiary alicyclic amines) is 1. The average molecular weight is 406 g/mol. The topological polar surface area (TPSA) is 67.2 Å². The number of aromatic nitrogens is 4. The number of carbonyl (C=O) groups is 1. The Morgan fingerprint density at radius 3 is 2.67 bits per heavy atom. The fourth-order valence-electron chi connectivity index (χ4n) is 4.54. The van der Waals surface area contributed by atoms with Crippen LogP contribution in [-0.4, -0.2) is 56.2 Å². The lowest BCUT2D eigenvalue weighted by molar-refractivity contribution is 0.00763. The Bertz CT molecular complexity index is 1080. The molecule has 154 valence electrons.